The lowest BCUT2D eigenvalue weighted by molar-refractivity contribution is 0.236. The van der Waals surface area contributed by atoms with Gasteiger partial charge in [0.15, 0.2) is 11.5 Å². The van der Waals surface area contributed by atoms with Crippen LogP contribution in [0.4, 0.5) is 0 Å². The Balaban J connectivity index is 1.38. The van der Waals surface area contributed by atoms with Crippen molar-refractivity contribution in [2.45, 2.75) is 32.4 Å². The highest BCUT2D eigenvalue weighted by molar-refractivity contribution is 5.53. The molecule has 0 spiro atoms. The van der Waals surface area contributed by atoms with Gasteiger partial charge < -0.3 is 4.42 Å². The first-order valence-corrected chi connectivity index (χ1v) is 9.33. The molecule has 1 atom stereocenters. The van der Waals surface area contributed by atoms with Gasteiger partial charge >= 0.3 is 0 Å². The van der Waals surface area contributed by atoms with Crippen LogP contribution in [0.5, 0.6) is 0 Å². The van der Waals surface area contributed by atoms with Crippen LogP contribution in [0.2, 0.25) is 0 Å². The van der Waals surface area contributed by atoms with Crippen molar-refractivity contribution < 1.29 is 4.42 Å². The molecule has 0 aliphatic carbocycles. The molecule has 27 heavy (non-hydrogen) atoms. The van der Waals surface area contributed by atoms with Crippen LogP contribution in [0, 0.1) is 6.92 Å². The average molecular weight is 359 g/mol. The first-order valence-electron chi connectivity index (χ1n) is 9.33. The van der Waals surface area contributed by atoms with E-state index in [0.717, 1.165) is 48.7 Å². The summed E-state index contributed by atoms with van der Waals surface area (Å²) < 4.78 is 7.81. The number of aryl methyl sites for hydroxylation is 1. The van der Waals surface area contributed by atoms with Gasteiger partial charge in [-0.05, 0) is 50.6 Å². The molecule has 0 amide bonds. The molecule has 1 fully saturated rings. The van der Waals surface area contributed by atoms with Crippen LogP contribution < -0.4 is 0 Å². The van der Waals surface area contributed by atoms with Crippen LogP contribution in [0.15, 0.2) is 59.3 Å². The van der Waals surface area contributed by atoms with E-state index in [1.165, 1.54) is 5.56 Å². The Hall–Kier alpha value is -2.99. The predicted octanol–water partition coefficient (Wildman–Crippen LogP) is 4.03. The third-order valence-corrected chi connectivity index (χ3v) is 5.22. The molecule has 0 saturated carbocycles. The number of likely N-dealkylation sites (tertiary alicyclic amines) is 1. The zero-order valence-electron chi connectivity index (χ0n) is 15.2. The molecular formula is C21H21N5O. The smallest absolute Gasteiger partial charge is 0.226 e. The summed E-state index contributed by atoms with van der Waals surface area (Å²) in [7, 11) is 0. The van der Waals surface area contributed by atoms with Gasteiger partial charge in [0.05, 0.1) is 11.7 Å². The quantitative estimate of drug-likeness (QED) is 0.551. The summed E-state index contributed by atoms with van der Waals surface area (Å²) in [6, 6.07) is 14.5. The molecule has 6 nitrogen and oxygen atoms in total. The van der Waals surface area contributed by atoms with E-state index in [1.54, 1.807) is 6.26 Å². The van der Waals surface area contributed by atoms with Gasteiger partial charge in [0, 0.05) is 18.3 Å². The maximum absolute atomic E-state index is 5.73. The number of fused-ring (bicyclic) bond motifs is 1. The first kappa shape index (κ1) is 16.2. The van der Waals surface area contributed by atoms with Crippen molar-refractivity contribution in [2.75, 3.05) is 6.54 Å². The van der Waals surface area contributed by atoms with Crippen molar-refractivity contribution in [3.05, 3.63) is 72.0 Å². The van der Waals surface area contributed by atoms with E-state index in [4.69, 9.17) is 9.40 Å². The van der Waals surface area contributed by atoms with Crippen LogP contribution in [-0.4, -0.2) is 31.0 Å². The highest BCUT2D eigenvalue weighted by atomic mass is 16.3. The second kappa shape index (κ2) is 6.63. The number of nitrogens with zero attached hydrogens (tertiary/aromatic N) is 5. The van der Waals surface area contributed by atoms with Crippen molar-refractivity contribution in [1.82, 2.24) is 24.5 Å². The lowest BCUT2D eigenvalue weighted by Crippen LogP contribution is -2.24. The van der Waals surface area contributed by atoms with Crippen molar-refractivity contribution in [1.29, 1.82) is 0 Å². The summed E-state index contributed by atoms with van der Waals surface area (Å²) in [5, 5.41) is 8.77. The van der Waals surface area contributed by atoms with Gasteiger partial charge in [0.2, 0.25) is 5.89 Å². The zero-order chi connectivity index (χ0) is 18.2. The third-order valence-electron chi connectivity index (χ3n) is 5.22. The second-order valence-corrected chi connectivity index (χ2v) is 7.13. The standard InChI is InChI=1S/C21H21N5O/c1-15-7-9-16(10-8-15)21-22-17(14-27-21)13-25-11-4-5-18(25)20-24-23-19-6-2-3-12-26(19)20/h2-3,6-10,12,14,18H,4-5,11,13H2,1H3/t18-/m1/s1. The molecule has 1 aliphatic heterocycles. The lowest BCUT2D eigenvalue weighted by atomic mass is 10.1. The van der Waals surface area contributed by atoms with E-state index in [-0.39, 0.29) is 6.04 Å². The molecule has 4 heterocycles. The van der Waals surface area contributed by atoms with Gasteiger partial charge in [-0.2, -0.15) is 0 Å². The summed E-state index contributed by atoms with van der Waals surface area (Å²) in [5.41, 5.74) is 4.08. The molecule has 0 N–H and O–H groups in total. The fourth-order valence-electron chi connectivity index (χ4n) is 3.81. The minimum absolute atomic E-state index is 0.252. The molecular weight excluding hydrogens is 338 g/mol. The Morgan fingerprint density at radius 2 is 2.00 bits per heavy atom. The minimum Gasteiger partial charge on any atom is -0.444 e. The molecule has 3 aromatic heterocycles. The number of hydrogen-bond donors (Lipinski definition) is 0. The maximum Gasteiger partial charge on any atom is 0.226 e. The Morgan fingerprint density at radius 3 is 2.89 bits per heavy atom. The highest BCUT2D eigenvalue weighted by Crippen LogP contribution is 2.32. The zero-order valence-corrected chi connectivity index (χ0v) is 15.2. The number of hydrogen-bond acceptors (Lipinski definition) is 5. The van der Waals surface area contributed by atoms with E-state index in [2.05, 4.69) is 38.6 Å². The van der Waals surface area contributed by atoms with Crippen molar-refractivity contribution in [3.8, 4) is 11.5 Å². The number of benzene rings is 1. The maximum atomic E-state index is 5.73. The molecule has 6 heteroatoms. The number of aromatic nitrogens is 4. The molecule has 1 saturated heterocycles. The summed E-state index contributed by atoms with van der Waals surface area (Å²) >= 11 is 0. The SMILES string of the molecule is Cc1ccc(-c2nc(CN3CCC[C@@H]3c3nnc4ccccn34)co2)cc1. The molecule has 4 aromatic rings. The summed E-state index contributed by atoms with van der Waals surface area (Å²) in [4.78, 5) is 7.12. The lowest BCUT2D eigenvalue weighted by Gasteiger charge is -2.21. The van der Waals surface area contributed by atoms with Crippen LogP contribution in [0.3, 0.4) is 0 Å². The van der Waals surface area contributed by atoms with Crippen LogP contribution in [0.1, 0.15) is 36.0 Å². The van der Waals surface area contributed by atoms with Crippen LogP contribution >= 0.6 is 0 Å². The normalized spacial score (nSPS) is 17.7. The largest absolute Gasteiger partial charge is 0.444 e. The fraction of sp³-hybridized carbons (Fsp3) is 0.286. The molecule has 5 rings (SSSR count). The summed E-state index contributed by atoms with van der Waals surface area (Å²) in [6.45, 7) is 3.85. The van der Waals surface area contributed by atoms with Gasteiger partial charge in [-0.15, -0.1) is 10.2 Å². The molecule has 136 valence electrons. The van der Waals surface area contributed by atoms with Crippen molar-refractivity contribution in [2.24, 2.45) is 0 Å². The Kier molecular flexibility index (Phi) is 3.98. The van der Waals surface area contributed by atoms with Crippen molar-refractivity contribution >= 4 is 5.65 Å². The van der Waals surface area contributed by atoms with E-state index < -0.39 is 0 Å². The Labute approximate surface area is 157 Å². The van der Waals surface area contributed by atoms with Crippen LogP contribution in [-0.2, 0) is 6.54 Å². The van der Waals surface area contributed by atoms with Crippen molar-refractivity contribution in [3.63, 3.8) is 0 Å². The minimum atomic E-state index is 0.252. The van der Waals surface area contributed by atoms with Gasteiger partial charge in [-0.3, -0.25) is 9.30 Å². The molecule has 0 radical (unpaired) electrons. The molecule has 1 aromatic carbocycles. The third kappa shape index (κ3) is 3.02. The number of rotatable bonds is 4. The monoisotopic (exact) mass is 359 g/mol. The Bertz CT molecular complexity index is 1070. The van der Waals surface area contributed by atoms with Crippen LogP contribution in [0.25, 0.3) is 17.1 Å². The summed E-state index contributed by atoms with van der Waals surface area (Å²) in [6.07, 6.45) is 6.03. The average Bonchev–Trinajstić information content (AvgIpc) is 3.42. The van der Waals surface area contributed by atoms with Gasteiger partial charge in [-0.1, -0.05) is 23.8 Å². The topological polar surface area (TPSA) is 59.5 Å². The first-order chi connectivity index (χ1) is 13.3. The number of oxazole rings is 1. The Morgan fingerprint density at radius 1 is 1.11 bits per heavy atom. The fourth-order valence-corrected chi connectivity index (χ4v) is 3.81. The number of pyridine rings is 1. The van der Waals surface area contributed by atoms with E-state index in [1.807, 2.05) is 36.5 Å². The molecule has 0 bridgehead atoms. The van der Waals surface area contributed by atoms with E-state index in [9.17, 15) is 0 Å². The highest BCUT2D eigenvalue weighted by Gasteiger charge is 2.30. The second-order valence-electron chi connectivity index (χ2n) is 7.13. The van der Waals surface area contributed by atoms with Gasteiger partial charge in [0.1, 0.15) is 6.26 Å². The van der Waals surface area contributed by atoms with E-state index in [0.29, 0.717) is 5.89 Å². The summed E-state index contributed by atoms with van der Waals surface area (Å²) in [5.74, 6) is 1.68. The van der Waals surface area contributed by atoms with E-state index >= 15 is 0 Å². The van der Waals surface area contributed by atoms with Gasteiger partial charge in [-0.25, -0.2) is 4.98 Å². The predicted molar refractivity (Wildman–Crippen MR) is 102 cm³/mol. The molecule has 0 unspecified atom stereocenters. The molecule has 1 aliphatic rings. The van der Waals surface area contributed by atoms with Gasteiger partial charge in [0.25, 0.3) is 0 Å².